The number of Topliss-reactive ketones (excluding diaryl/α,β-unsaturated/α-hetero) is 1. The van der Waals surface area contributed by atoms with E-state index in [-0.39, 0.29) is 24.1 Å². The molecule has 1 N–H and O–H groups in total. The number of rotatable bonds is 2. The first-order valence-electron chi connectivity index (χ1n) is 5.91. The number of imide groups is 1. The number of ketones is 1. The largest absolute Gasteiger partial charge is 0.333 e. The van der Waals surface area contributed by atoms with E-state index < -0.39 is 5.54 Å². The van der Waals surface area contributed by atoms with E-state index in [1.807, 2.05) is 0 Å². The van der Waals surface area contributed by atoms with E-state index in [1.165, 1.54) is 13.1 Å². The van der Waals surface area contributed by atoms with Gasteiger partial charge in [-0.05, 0) is 32.9 Å². The van der Waals surface area contributed by atoms with Crippen LogP contribution in [-0.4, -0.2) is 34.7 Å². The van der Waals surface area contributed by atoms with Crippen molar-refractivity contribution in [1.29, 1.82) is 0 Å². The van der Waals surface area contributed by atoms with Crippen LogP contribution < -0.4 is 10.2 Å². The van der Waals surface area contributed by atoms with E-state index in [4.69, 9.17) is 0 Å². The highest BCUT2D eigenvalue weighted by molar-refractivity contribution is 6.06. The van der Waals surface area contributed by atoms with Crippen molar-refractivity contribution in [3.8, 4) is 0 Å². The van der Waals surface area contributed by atoms with E-state index in [0.717, 1.165) is 0 Å². The fourth-order valence-corrected chi connectivity index (χ4v) is 1.94. The Morgan fingerprint density at radius 1 is 1.42 bits per heavy atom. The molecule has 0 saturated carbocycles. The molecule has 0 aliphatic carbocycles. The lowest BCUT2D eigenvalue weighted by atomic mass is 9.98. The molecule has 1 aliphatic heterocycles. The zero-order chi connectivity index (χ0) is 14.2. The normalized spacial score (nSPS) is 18.2. The highest BCUT2D eigenvalue weighted by Gasteiger charge is 2.41. The Kier molecular flexibility index (Phi) is 3.09. The number of nitrogens with zero attached hydrogens (tertiary/aromatic N) is 2. The van der Waals surface area contributed by atoms with Gasteiger partial charge < -0.3 is 4.90 Å². The van der Waals surface area contributed by atoms with Crippen molar-refractivity contribution in [2.75, 3.05) is 11.4 Å². The van der Waals surface area contributed by atoms with Gasteiger partial charge >= 0.3 is 0 Å². The summed E-state index contributed by atoms with van der Waals surface area (Å²) in [7, 11) is 0. The first-order valence-corrected chi connectivity index (χ1v) is 5.91. The molecule has 2 amide bonds. The molecular weight excluding hydrogens is 246 g/mol. The van der Waals surface area contributed by atoms with Crippen LogP contribution in [0.5, 0.6) is 0 Å². The third-order valence-electron chi connectivity index (χ3n) is 3.21. The van der Waals surface area contributed by atoms with Crippen molar-refractivity contribution in [3.63, 3.8) is 0 Å². The third kappa shape index (κ3) is 2.33. The number of piperazine rings is 1. The van der Waals surface area contributed by atoms with Gasteiger partial charge in [-0.25, -0.2) is 4.98 Å². The lowest BCUT2D eigenvalue weighted by molar-refractivity contribution is -0.135. The fraction of sp³-hybridized carbons (Fsp3) is 0.385. The van der Waals surface area contributed by atoms with Crippen LogP contribution in [0.15, 0.2) is 18.3 Å². The second-order valence-corrected chi connectivity index (χ2v) is 4.98. The highest BCUT2D eigenvalue weighted by Crippen LogP contribution is 2.25. The minimum Gasteiger partial charge on any atom is -0.333 e. The highest BCUT2D eigenvalue weighted by atomic mass is 16.2. The second-order valence-electron chi connectivity index (χ2n) is 4.98. The summed E-state index contributed by atoms with van der Waals surface area (Å²) >= 11 is 0. The molecule has 2 heterocycles. The molecule has 1 aliphatic rings. The van der Waals surface area contributed by atoms with Gasteiger partial charge in [-0.3, -0.25) is 19.7 Å². The predicted octanol–water partition coefficient (Wildman–Crippen LogP) is 0.526. The molecule has 1 aromatic rings. The average molecular weight is 261 g/mol. The maximum atomic E-state index is 11.9. The lowest BCUT2D eigenvalue weighted by Crippen LogP contribution is -2.64. The molecule has 100 valence electrons. The molecule has 6 nitrogen and oxygen atoms in total. The number of hydrogen-bond acceptors (Lipinski definition) is 5. The van der Waals surface area contributed by atoms with Crippen LogP contribution in [0.4, 0.5) is 5.82 Å². The molecule has 0 radical (unpaired) electrons. The zero-order valence-corrected chi connectivity index (χ0v) is 11.1. The molecular formula is C13H15N3O3. The van der Waals surface area contributed by atoms with Gasteiger partial charge in [0.05, 0.1) is 6.54 Å². The van der Waals surface area contributed by atoms with Crippen LogP contribution in [0.3, 0.4) is 0 Å². The van der Waals surface area contributed by atoms with Crippen LogP contribution in [0, 0.1) is 0 Å². The number of pyridine rings is 1. The molecule has 1 saturated heterocycles. The zero-order valence-electron chi connectivity index (χ0n) is 11.1. The van der Waals surface area contributed by atoms with Gasteiger partial charge in [0.15, 0.2) is 5.78 Å². The number of amides is 2. The van der Waals surface area contributed by atoms with E-state index >= 15 is 0 Å². The summed E-state index contributed by atoms with van der Waals surface area (Å²) in [4.78, 5) is 40.5. The quantitative estimate of drug-likeness (QED) is 0.620. The van der Waals surface area contributed by atoms with Gasteiger partial charge in [-0.15, -0.1) is 0 Å². The number of aromatic nitrogens is 1. The van der Waals surface area contributed by atoms with Crippen molar-refractivity contribution in [3.05, 3.63) is 23.9 Å². The Morgan fingerprint density at radius 2 is 2.11 bits per heavy atom. The number of carbonyl (C=O) groups is 3. The van der Waals surface area contributed by atoms with Crippen molar-refractivity contribution in [2.24, 2.45) is 0 Å². The Bertz CT molecular complexity index is 566. The predicted molar refractivity (Wildman–Crippen MR) is 68.8 cm³/mol. The van der Waals surface area contributed by atoms with E-state index in [1.54, 1.807) is 30.9 Å². The monoisotopic (exact) mass is 261 g/mol. The summed E-state index contributed by atoms with van der Waals surface area (Å²) in [5.41, 5.74) is -0.393. The molecule has 0 spiro atoms. The van der Waals surface area contributed by atoms with Gasteiger partial charge in [-0.1, -0.05) is 0 Å². The van der Waals surface area contributed by atoms with E-state index in [0.29, 0.717) is 11.4 Å². The molecule has 0 bridgehead atoms. The number of carbonyl (C=O) groups excluding carboxylic acids is 3. The maximum Gasteiger partial charge on any atom is 0.251 e. The minimum atomic E-state index is -0.893. The molecule has 1 fully saturated rings. The van der Waals surface area contributed by atoms with Gasteiger partial charge in [0.1, 0.15) is 11.4 Å². The molecule has 0 unspecified atom stereocenters. The molecule has 1 aromatic heterocycles. The molecule has 6 heteroatoms. The third-order valence-corrected chi connectivity index (χ3v) is 3.21. The van der Waals surface area contributed by atoms with Crippen molar-refractivity contribution >= 4 is 23.4 Å². The van der Waals surface area contributed by atoms with Gasteiger partial charge in [-0.2, -0.15) is 0 Å². The van der Waals surface area contributed by atoms with Gasteiger partial charge in [0, 0.05) is 11.8 Å². The molecule has 2 rings (SSSR count). The Labute approximate surface area is 110 Å². The minimum absolute atomic E-state index is 0.0348. The van der Waals surface area contributed by atoms with Crippen LogP contribution in [0.25, 0.3) is 0 Å². The van der Waals surface area contributed by atoms with Crippen LogP contribution in [-0.2, 0) is 9.59 Å². The fourth-order valence-electron chi connectivity index (χ4n) is 1.94. The summed E-state index contributed by atoms with van der Waals surface area (Å²) in [6.07, 6.45) is 1.50. The lowest BCUT2D eigenvalue weighted by Gasteiger charge is -2.40. The van der Waals surface area contributed by atoms with Crippen molar-refractivity contribution < 1.29 is 14.4 Å². The Morgan fingerprint density at radius 3 is 2.74 bits per heavy atom. The average Bonchev–Trinajstić information content (AvgIpc) is 2.34. The first-order chi connectivity index (χ1) is 8.82. The SMILES string of the molecule is CC(=O)c1ccnc(N2CC(=O)NC(=O)C2(C)C)c1. The maximum absolute atomic E-state index is 11.9. The summed E-state index contributed by atoms with van der Waals surface area (Å²) in [5, 5.41) is 2.29. The van der Waals surface area contributed by atoms with Crippen LogP contribution in [0.1, 0.15) is 31.1 Å². The number of hydrogen-bond donors (Lipinski definition) is 1. The van der Waals surface area contributed by atoms with Crippen LogP contribution >= 0.6 is 0 Å². The summed E-state index contributed by atoms with van der Waals surface area (Å²) in [6, 6.07) is 3.20. The molecule has 19 heavy (non-hydrogen) atoms. The summed E-state index contributed by atoms with van der Waals surface area (Å²) in [5.74, 6) is -0.395. The number of nitrogens with one attached hydrogen (secondary N) is 1. The smallest absolute Gasteiger partial charge is 0.251 e. The Hall–Kier alpha value is -2.24. The van der Waals surface area contributed by atoms with E-state index in [2.05, 4.69) is 10.3 Å². The van der Waals surface area contributed by atoms with Crippen LogP contribution in [0.2, 0.25) is 0 Å². The first kappa shape index (κ1) is 13.2. The summed E-state index contributed by atoms with van der Waals surface area (Å²) in [6.45, 7) is 4.90. The van der Waals surface area contributed by atoms with Gasteiger partial charge in [0.25, 0.3) is 5.91 Å². The number of anilines is 1. The Balaban J connectivity index is 2.44. The van der Waals surface area contributed by atoms with Crippen molar-refractivity contribution in [1.82, 2.24) is 10.3 Å². The molecule has 0 aromatic carbocycles. The van der Waals surface area contributed by atoms with E-state index in [9.17, 15) is 14.4 Å². The second kappa shape index (κ2) is 4.46. The van der Waals surface area contributed by atoms with Crippen molar-refractivity contribution in [2.45, 2.75) is 26.3 Å². The topological polar surface area (TPSA) is 79.4 Å². The standard InChI is InChI=1S/C13H15N3O3/c1-8(17)9-4-5-14-10(6-9)16-7-11(18)15-12(19)13(16,2)3/h4-6H,7H2,1-3H3,(H,15,18,19). The molecule has 0 atom stereocenters. The van der Waals surface area contributed by atoms with Gasteiger partial charge in [0.2, 0.25) is 5.91 Å². The summed E-state index contributed by atoms with van der Waals surface area (Å²) < 4.78 is 0.